The van der Waals surface area contributed by atoms with Crippen LogP contribution in [0, 0.1) is 17.1 Å². The first-order chi connectivity index (χ1) is 12.7. The Hall–Kier alpha value is -3.46. The fraction of sp³-hybridized carbons (Fsp3) is 0.150. The van der Waals surface area contributed by atoms with Gasteiger partial charge in [0.05, 0.1) is 5.52 Å². The number of para-hydroxylation sites is 1. The lowest BCUT2D eigenvalue weighted by atomic mass is 10.1. The molecular weight excluding hydrogens is 331 g/mol. The van der Waals surface area contributed by atoms with Crippen LogP contribution in [0.5, 0.6) is 0 Å². The third-order valence-electron chi connectivity index (χ3n) is 3.89. The second-order valence-electron chi connectivity index (χ2n) is 5.73. The number of hydrogen-bond donors (Lipinski definition) is 2. The van der Waals surface area contributed by atoms with E-state index in [2.05, 4.69) is 21.7 Å². The van der Waals surface area contributed by atoms with Crippen molar-refractivity contribution in [1.82, 2.24) is 10.3 Å². The van der Waals surface area contributed by atoms with Crippen LogP contribution in [0.4, 0.5) is 10.1 Å². The lowest BCUT2D eigenvalue weighted by molar-refractivity contribution is 0.0953. The molecule has 0 aliphatic rings. The first kappa shape index (κ1) is 17.4. The van der Waals surface area contributed by atoms with Crippen LogP contribution in [0.2, 0.25) is 0 Å². The average molecular weight is 348 g/mol. The predicted octanol–water partition coefficient (Wildman–Crippen LogP) is 3.48. The van der Waals surface area contributed by atoms with Gasteiger partial charge in [-0.2, -0.15) is 5.26 Å². The normalized spacial score (nSPS) is 10.3. The molecule has 6 heteroatoms. The summed E-state index contributed by atoms with van der Waals surface area (Å²) >= 11 is 0. The van der Waals surface area contributed by atoms with Crippen LogP contribution in [-0.2, 0) is 0 Å². The van der Waals surface area contributed by atoms with Gasteiger partial charge in [-0.3, -0.25) is 4.79 Å². The fourth-order valence-electron chi connectivity index (χ4n) is 2.60. The van der Waals surface area contributed by atoms with Crippen LogP contribution in [0.1, 0.15) is 22.5 Å². The molecule has 2 aromatic carbocycles. The Kier molecular flexibility index (Phi) is 5.40. The maximum atomic E-state index is 12.9. The lowest BCUT2D eigenvalue weighted by Crippen LogP contribution is -2.25. The zero-order valence-corrected chi connectivity index (χ0v) is 14.0. The summed E-state index contributed by atoms with van der Waals surface area (Å²) in [6.07, 6.45) is 0.700. The minimum atomic E-state index is -0.368. The summed E-state index contributed by atoms with van der Waals surface area (Å²) in [7, 11) is 0. The summed E-state index contributed by atoms with van der Waals surface area (Å²) in [5.74, 6) is -0.599. The summed E-state index contributed by atoms with van der Waals surface area (Å²) in [6.45, 7) is 1.11. The number of benzene rings is 2. The van der Waals surface area contributed by atoms with E-state index in [1.165, 1.54) is 24.3 Å². The number of carbonyl (C=O) groups excluding carboxylic acids is 1. The molecule has 0 spiro atoms. The van der Waals surface area contributed by atoms with Gasteiger partial charge in [-0.25, -0.2) is 9.37 Å². The third-order valence-corrected chi connectivity index (χ3v) is 3.89. The highest BCUT2D eigenvalue weighted by Crippen LogP contribution is 2.22. The quantitative estimate of drug-likeness (QED) is 0.669. The van der Waals surface area contributed by atoms with Crippen molar-refractivity contribution in [3.63, 3.8) is 0 Å². The second-order valence-corrected chi connectivity index (χ2v) is 5.73. The third kappa shape index (κ3) is 4.14. The highest BCUT2D eigenvalue weighted by atomic mass is 19.1. The number of pyridine rings is 1. The van der Waals surface area contributed by atoms with E-state index in [0.29, 0.717) is 30.8 Å². The Balaban J connectivity index is 1.54. The molecule has 0 unspecified atom stereocenters. The van der Waals surface area contributed by atoms with Crippen molar-refractivity contribution < 1.29 is 9.18 Å². The summed E-state index contributed by atoms with van der Waals surface area (Å²) in [6, 6.07) is 16.8. The van der Waals surface area contributed by atoms with E-state index in [-0.39, 0.29) is 11.7 Å². The number of nitriles is 1. The molecule has 0 radical (unpaired) electrons. The zero-order valence-electron chi connectivity index (χ0n) is 14.0. The molecule has 0 aliphatic carbocycles. The van der Waals surface area contributed by atoms with Crippen molar-refractivity contribution >= 4 is 22.5 Å². The predicted molar refractivity (Wildman–Crippen MR) is 98.3 cm³/mol. The van der Waals surface area contributed by atoms with E-state index < -0.39 is 0 Å². The molecular formula is C20H17FN4O. The Morgan fingerprint density at radius 1 is 1.12 bits per heavy atom. The number of halogens is 1. The first-order valence-corrected chi connectivity index (χ1v) is 8.25. The minimum absolute atomic E-state index is 0.230. The first-order valence-electron chi connectivity index (χ1n) is 8.25. The molecule has 0 aliphatic heterocycles. The van der Waals surface area contributed by atoms with E-state index in [1.54, 1.807) is 6.07 Å². The Morgan fingerprint density at radius 3 is 2.65 bits per heavy atom. The molecule has 0 fully saturated rings. The summed E-state index contributed by atoms with van der Waals surface area (Å²) in [4.78, 5) is 16.2. The number of fused-ring (bicyclic) bond motifs is 1. The number of anilines is 1. The van der Waals surface area contributed by atoms with Gasteiger partial charge in [0.1, 0.15) is 17.6 Å². The maximum absolute atomic E-state index is 12.9. The van der Waals surface area contributed by atoms with Gasteiger partial charge in [0.15, 0.2) is 0 Å². The molecule has 2 N–H and O–H groups in total. The van der Waals surface area contributed by atoms with Gasteiger partial charge in [0.25, 0.3) is 5.91 Å². The van der Waals surface area contributed by atoms with Gasteiger partial charge < -0.3 is 10.6 Å². The SMILES string of the molecule is N#Cc1cc(NCCCNC(=O)c2ccc(F)cc2)c2ccccc2n1. The van der Waals surface area contributed by atoms with E-state index in [0.717, 1.165) is 16.6 Å². The Morgan fingerprint density at radius 2 is 1.88 bits per heavy atom. The lowest BCUT2D eigenvalue weighted by Gasteiger charge is -2.10. The molecule has 130 valence electrons. The van der Waals surface area contributed by atoms with E-state index in [4.69, 9.17) is 5.26 Å². The molecule has 3 rings (SSSR count). The minimum Gasteiger partial charge on any atom is -0.384 e. The monoisotopic (exact) mass is 348 g/mol. The number of amides is 1. The number of carbonyl (C=O) groups is 1. The molecule has 0 saturated heterocycles. The van der Waals surface area contributed by atoms with E-state index >= 15 is 0 Å². The number of rotatable bonds is 6. The molecule has 3 aromatic rings. The van der Waals surface area contributed by atoms with Gasteiger partial charge in [0.2, 0.25) is 0 Å². The maximum Gasteiger partial charge on any atom is 0.251 e. The van der Waals surface area contributed by atoms with E-state index in [9.17, 15) is 9.18 Å². The van der Waals surface area contributed by atoms with Crippen molar-refractivity contribution in [1.29, 1.82) is 5.26 Å². The van der Waals surface area contributed by atoms with Crippen LogP contribution in [0.15, 0.2) is 54.6 Å². The summed E-state index contributed by atoms with van der Waals surface area (Å²) in [5.41, 5.74) is 2.39. The van der Waals surface area contributed by atoms with Crippen LogP contribution < -0.4 is 10.6 Å². The summed E-state index contributed by atoms with van der Waals surface area (Å²) < 4.78 is 12.9. The van der Waals surface area contributed by atoms with Crippen LogP contribution in [-0.4, -0.2) is 24.0 Å². The molecule has 1 amide bonds. The number of aromatic nitrogens is 1. The molecule has 0 saturated carbocycles. The van der Waals surface area contributed by atoms with Gasteiger partial charge in [-0.1, -0.05) is 18.2 Å². The largest absolute Gasteiger partial charge is 0.384 e. The van der Waals surface area contributed by atoms with Gasteiger partial charge >= 0.3 is 0 Å². The number of nitrogens with one attached hydrogen (secondary N) is 2. The Bertz CT molecular complexity index is 964. The van der Waals surface area contributed by atoms with Gasteiger partial charge in [-0.05, 0) is 42.8 Å². The van der Waals surface area contributed by atoms with Crippen LogP contribution >= 0.6 is 0 Å². The number of hydrogen-bond acceptors (Lipinski definition) is 4. The summed E-state index contributed by atoms with van der Waals surface area (Å²) in [5, 5.41) is 16.1. The molecule has 0 atom stereocenters. The zero-order chi connectivity index (χ0) is 18.4. The number of nitrogens with zero attached hydrogens (tertiary/aromatic N) is 2. The van der Waals surface area contributed by atoms with Crippen molar-refractivity contribution in [3.8, 4) is 6.07 Å². The van der Waals surface area contributed by atoms with Gasteiger partial charge in [-0.15, -0.1) is 0 Å². The van der Waals surface area contributed by atoms with Gasteiger partial charge in [0, 0.05) is 29.7 Å². The second kappa shape index (κ2) is 8.08. The van der Waals surface area contributed by atoms with Crippen molar-refractivity contribution in [2.75, 3.05) is 18.4 Å². The van der Waals surface area contributed by atoms with E-state index in [1.807, 2.05) is 24.3 Å². The smallest absolute Gasteiger partial charge is 0.251 e. The standard InChI is InChI=1S/C20H17FN4O/c21-15-8-6-14(7-9-15)20(26)24-11-3-10-23-19-12-16(13-22)25-18-5-2-1-4-17(18)19/h1-2,4-9,12H,3,10-11H2,(H,23,25)(H,24,26). The Labute approximate surface area is 150 Å². The topological polar surface area (TPSA) is 77.8 Å². The molecule has 1 heterocycles. The molecule has 5 nitrogen and oxygen atoms in total. The van der Waals surface area contributed by atoms with Crippen molar-refractivity contribution in [3.05, 3.63) is 71.7 Å². The highest BCUT2D eigenvalue weighted by molar-refractivity contribution is 5.94. The fourth-order valence-corrected chi connectivity index (χ4v) is 2.60. The highest BCUT2D eigenvalue weighted by Gasteiger charge is 2.06. The van der Waals surface area contributed by atoms with Crippen molar-refractivity contribution in [2.45, 2.75) is 6.42 Å². The average Bonchev–Trinajstić information content (AvgIpc) is 2.67. The van der Waals surface area contributed by atoms with Crippen molar-refractivity contribution in [2.24, 2.45) is 0 Å². The molecule has 1 aromatic heterocycles. The molecule has 0 bridgehead atoms. The molecule has 26 heavy (non-hydrogen) atoms. The van der Waals surface area contributed by atoms with Crippen LogP contribution in [0.25, 0.3) is 10.9 Å². The van der Waals surface area contributed by atoms with Crippen LogP contribution in [0.3, 0.4) is 0 Å².